The van der Waals surface area contributed by atoms with Crippen LogP contribution in [0.1, 0.15) is 32.3 Å². The highest BCUT2D eigenvalue weighted by Crippen LogP contribution is 2.17. The molecule has 0 saturated heterocycles. The van der Waals surface area contributed by atoms with Crippen LogP contribution in [0, 0.1) is 0 Å². The van der Waals surface area contributed by atoms with E-state index >= 15 is 0 Å². The summed E-state index contributed by atoms with van der Waals surface area (Å²) in [6.07, 6.45) is 4.54. The summed E-state index contributed by atoms with van der Waals surface area (Å²) in [6, 6.07) is 4.00. The number of ether oxygens (including phenoxy) is 2. The molecule has 0 aliphatic rings. The van der Waals surface area contributed by atoms with Crippen LogP contribution in [0.4, 0.5) is 0 Å². The molecular formula is C14H24N2O2. The van der Waals surface area contributed by atoms with Crippen LogP contribution < -0.4 is 10.5 Å². The molecule has 102 valence electrons. The largest absolute Gasteiger partial charge is 0.481 e. The van der Waals surface area contributed by atoms with Gasteiger partial charge in [-0.15, -0.1) is 0 Å². The summed E-state index contributed by atoms with van der Waals surface area (Å²) in [5, 5.41) is 0. The Morgan fingerprint density at radius 3 is 2.56 bits per heavy atom. The lowest BCUT2D eigenvalue weighted by Crippen LogP contribution is -2.29. The molecule has 0 aromatic carbocycles. The summed E-state index contributed by atoms with van der Waals surface area (Å²) in [5.74, 6) is 0.632. The molecule has 0 spiro atoms. The van der Waals surface area contributed by atoms with Gasteiger partial charge in [0.2, 0.25) is 5.88 Å². The summed E-state index contributed by atoms with van der Waals surface area (Å²) in [5.41, 5.74) is 7.16. The molecule has 4 heteroatoms. The topological polar surface area (TPSA) is 57.4 Å². The normalized spacial score (nSPS) is 13.4. The second-order valence-corrected chi connectivity index (χ2v) is 5.18. The molecule has 1 unspecified atom stereocenters. The summed E-state index contributed by atoms with van der Waals surface area (Å²) in [4.78, 5) is 4.17. The van der Waals surface area contributed by atoms with Gasteiger partial charge in [-0.3, -0.25) is 0 Å². The number of nitrogens with zero attached hydrogens (tertiary/aromatic N) is 1. The van der Waals surface area contributed by atoms with Crippen molar-refractivity contribution >= 4 is 0 Å². The SMILES string of the molecule is COc1ccc(CC(N)CCC(C)(C)OC)cn1. The Labute approximate surface area is 110 Å². The fraction of sp³-hybridized carbons (Fsp3) is 0.643. The highest BCUT2D eigenvalue weighted by atomic mass is 16.5. The predicted octanol–water partition coefficient (Wildman–Crippen LogP) is 2.17. The Morgan fingerprint density at radius 1 is 1.33 bits per heavy atom. The van der Waals surface area contributed by atoms with Crippen LogP contribution in [0.3, 0.4) is 0 Å². The first-order chi connectivity index (χ1) is 8.46. The molecule has 0 saturated carbocycles. The fourth-order valence-corrected chi connectivity index (χ4v) is 1.69. The van der Waals surface area contributed by atoms with Crippen LogP contribution in [0.25, 0.3) is 0 Å². The minimum Gasteiger partial charge on any atom is -0.481 e. The van der Waals surface area contributed by atoms with Gasteiger partial charge in [0.05, 0.1) is 12.7 Å². The molecule has 18 heavy (non-hydrogen) atoms. The van der Waals surface area contributed by atoms with Gasteiger partial charge in [0.15, 0.2) is 0 Å². The van der Waals surface area contributed by atoms with Crippen LogP contribution in [0.5, 0.6) is 5.88 Å². The molecule has 1 rings (SSSR count). The second kappa shape index (κ2) is 6.71. The number of methoxy groups -OCH3 is 2. The van der Waals surface area contributed by atoms with Gasteiger partial charge in [0, 0.05) is 25.4 Å². The van der Waals surface area contributed by atoms with E-state index in [-0.39, 0.29) is 11.6 Å². The summed E-state index contributed by atoms with van der Waals surface area (Å²) >= 11 is 0. The van der Waals surface area contributed by atoms with Crippen molar-refractivity contribution in [1.82, 2.24) is 4.98 Å². The molecule has 1 aromatic heterocycles. The maximum Gasteiger partial charge on any atom is 0.212 e. The van der Waals surface area contributed by atoms with Gasteiger partial charge < -0.3 is 15.2 Å². The Morgan fingerprint density at radius 2 is 2.06 bits per heavy atom. The van der Waals surface area contributed by atoms with E-state index in [1.807, 2.05) is 18.3 Å². The zero-order chi connectivity index (χ0) is 13.6. The van der Waals surface area contributed by atoms with E-state index in [0.29, 0.717) is 5.88 Å². The van der Waals surface area contributed by atoms with Gasteiger partial charge in [-0.2, -0.15) is 0 Å². The van der Waals surface area contributed by atoms with Gasteiger partial charge in [-0.25, -0.2) is 4.98 Å². The lowest BCUT2D eigenvalue weighted by Gasteiger charge is -2.24. The monoisotopic (exact) mass is 252 g/mol. The van der Waals surface area contributed by atoms with E-state index in [0.717, 1.165) is 24.8 Å². The summed E-state index contributed by atoms with van der Waals surface area (Å²) in [7, 11) is 3.35. The number of pyridine rings is 1. The zero-order valence-corrected chi connectivity index (χ0v) is 11.8. The quantitative estimate of drug-likeness (QED) is 0.808. The van der Waals surface area contributed by atoms with Gasteiger partial charge in [-0.1, -0.05) is 6.07 Å². The van der Waals surface area contributed by atoms with Crippen molar-refractivity contribution in [1.29, 1.82) is 0 Å². The van der Waals surface area contributed by atoms with Gasteiger partial charge in [0.1, 0.15) is 0 Å². The predicted molar refractivity (Wildman–Crippen MR) is 72.8 cm³/mol. The van der Waals surface area contributed by atoms with Crippen molar-refractivity contribution in [2.75, 3.05) is 14.2 Å². The molecule has 2 N–H and O–H groups in total. The Kier molecular flexibility index (Phi) is 5.56. The van der Waals surface area contributed by atoms with Crippen LogP contribution in [0.2, 0.25) is 0 Å². The zero-order valence-electron chi connectivity index (χ0n) is 11.8. The maximum atomic E-state index is 6.12. The van der Waals surface area contributed by atoms with Crippen molar-refractivity contribution in [2.45, 2.75) is 44.8 Å². The van der Waals surface area contributed by atoms with E-state index in [1.54, 1.807) is 14.2 Å². The number of hydrogen-bond acceptors (Lipinski definition) is 4. The summed E-state index contributed by atoms with van der Waals surface area (Å²) < 4.78 is 10.4. The van der Waals surface area contributed by atoms with Crippen LogP contribution >= 0.6 is 0 Å². The van der Waals surface area contributed by atoms with Crippen molar-refractivity contribution in [3.05, 3.63) is 23.9 Å². The van der Waals surface area contributed by atoms with E-state index in [9.17, 15) is 0 Å². The Hall–Kier alpha value is -1.13. The first-order valence-electron chi connectivity index (χ1n) is 6.26. The Bertz CT molecular complexity index is 349. The summed E-state index contributed by atoms with van der Waals surface area (Å²) in [6.45, 7) is 4.16. The number of rotatable bonds is 7. The average Bonchev–Trinajstić information content (AvgIpc) is 2.37. The molecule has 0 amide bonds. The molecular weight excluding hydrogens is 228 g/mol. The first-order valence-corrected chi connectivity index (χ1v) is 6.26. The van der Waals surface area contributed by atoms with Crippen molar-refractivity contribution in [3.8, 4) is 5.88 Å². The molecule has 0 bridgehead atoms. The average molecular weight is 252 g/mol. The van der Waals surface area contributed by atoms with Crippen LogP contribution in [-0.2, 0) is 11.2 Å². The first kappa shape index (κ1) is 14.9. The van der Waals surface area contributed by atoms with E-state index in [2.05, 4.69) is 18.8 Å². The van der Waals surface area contributed by atoms with E-state index < -0.39 is 0 Å². The van der Waals surface area contributed by atoms with E-state index in [1.165, 1.54) is 0 Å². The third-order valence-corrected chi connectivity index (χ3v) is 3.17. The molecule has 0 fully saturated rings. The van der Waals surface area contributed by atoms with Gasteiger partial charge in [0.25, 0.3) is 0 Å². The highest BCUT2D eigenvalue weighted by molar-refractivity contribution is 5.18. The van der Waals surface area contributed by atoms with Crippen molar-refractivity contribution in [3.63, 3.8) is 0 Å². The maximum absolute atomic E-state index is 6.12. The molecule has 1 atom stereocenters. The van der Waals surface area contributed by atoms with Crippen LogP contribution in [0.15, 0.2) is 18.3 Å². The fourth-order valence-electron chi connectivity index (χ4n) is 1.69. The van der Waals surface area contributed by atoms with Crippen molar-refractivity contribution in [2.24, 2.45) is 5.73 Å². The molecule has 1 heterocycles. The number of hydrogen-bond donors (Lipinski definition) is 1. The Balaban J connectivity index is 2.41. The molecule has 0 aliphatic heterocycles. The standard InChI is InChI=1S/C14H24N2O2/c1-14(2,18-4)8-7-12(15)9-11-5-6-13(17-3)16-10-11/h5-6,10,12H,7-9,15H2,1-4H3. The number of nitrogens with two attached hydrogens (primary N) is 1. The molecule has 0 aliphatic carbocycles. The van der Waals surface area contributed by atoms with Crippen molar-refractivity contribution < 1.29 is 9.47 Å². The third-order valence-electron chi connectivity index (χ3n) is 3.17. The van der Waals surface area contributed by atoms with Gasteiger partial charge >= 0.3 is 0 Å². The minimum absolute atomic E-state index is 0.101. The third kappa shape index (κ3) is 5.02. The smallest absolute Gasteiger partial charge is 0.212 e. The second-order valence-electron chi connectivity index (χ2n) is 5.18. The lowest BCUT2D eigenvalue weighted by atomic mass is 9.96. The lowest BCUT2D eigenvalue weighted by molar-refractivity contribution is 0.0125. The molecule has 4 nitrogen and oxygen atoms in total. The highest BCUT2D eigenvalue weighted by Gasteiger charge is 2.17. The minimum atomic E-state index is -0.101. The van der Waals surface area contributed by atoms with Gasteiger partial charge in [-0.05, 0) is 38.7 Å². The molecule has 0 radical (unpaired) electrons. The van der Waals surface area contributed by atoms with E-state index in [4.69, 9.17) is 15.2 Å². The van der Waals surface area contributed by atoms with Crippen LogP contribution in [-0.4, -0.2) is 30.8 Å². The number of aromatic nitrogens is 1. The molecule has 1 aromatic rings.